The number of nitrogens with zero attached hydrogens (tertiary/aromatic N) is 2. The maximum Gasteiger partial charge on any atom is 0.155 e. The minimum Gasteiger partial charge on any atom is -0.298 e. The fourth-order valence-corrected chi connectivity index (χ4v) is 2.23. The molecule has 100 valence electrons. The van der Waals surface area contributed by atoms with E-state index in [1.54, 1.807) is 16.8 Å². The summed E-state index contributed by atoms with van der Waals surface area (Å²) in [5, 5.41) is 4.62. The highest BCUT2D eigenvalue weighted by molar-refractivity contribution is 6.32. The van der Waals surface area contributed by atoms with Crippen LogP contribution in [-0.4, -0.2) is 16.1 Å². The summed E-state index contributed by atoms with van der Waals surface area (Å²) >= 11 is 6.18. The average molecular weight is 281 g/mol. The van der Waals surface area contributed by atoms with E-state index in [1.165, 1.54) is 12.1 Å². The fourth-order valence-electron chi connectivity index (χ4n) is 1.81. The molecule has 2 aromatic rings. The molecule has 0 N–H and O–H groups in total. The van der Waals surface area contributed by atoms with Crippen LogP contribution in [0.15, 0.2) is 24.3 Å². The summed E-state index contributed by atoms with van der Waals surface area (Å²) in [7, 11) is 0. The second-order valence-electron chi connectivity index (χ2n) is 5.26. The molecule has 1 aromatic carbocycles. The molecule has 0 aliphatic carbocycles. The first-order valence-electron chi connectivity index (χ1n) is 5.84. The predicted octanol–water partition coefficient (Wildman–Crippen LogP) is 3.91. The van der Waals surface area contributed by atoms with Gasteiger partial charge >= 0.3 is 0 Å². The highest BCUT2D eigenvalue weighted by atomic mass is 35.5. The Morgan fingerprint density at radius 3 is 2.58 bits per heavy atom. The van der Waals surface area contributed by atoms with E-state index >= 15 is 0 Å². The SMILES string of the molecule is CC(C)(C)n1nc(-c2cccc(F)c2)c(C=O)c1Cl. The van der Waals surface area contributed by atoms with Gasteiger partial charge in [-0.05, 0) is 32.9 Å². The van der Waals surface area contributed by atoms with Gasteiger partial charge in [-0.2, -0.15) is 5.10 Å². The van der Waals surface area contributed by atoms with Crippen molar-refractivity contribution in [3.8, 4) is 11.3 Å². The second-order valence-corrected chi connectivity index (χ2v) is 5.62. The summed E-state index contributed by atoms with van der Waals surface area (Å²) in [6.07, 6.45) is 0.651. The van der Waals surface area contributed by atoms with Gasteiger partial charge in [0.25, 0.3) is 0 Å². The summed E-state index contributed by atoms with van der Waals surface area (Å²) in [5.74, 6) is -0.379. The van der Waals surface area contributed by atoms with E-state index < -0.39 is 0 Å². The summed E-state index contributed by atoms with van der Waals surface area (Å²) < 4.78 is 14.8. The van der Waals surface area contributed by atoms with Crippen molar-refractivity contribution in [2.75, 3.05) is 0 Å². The van der Waals surface area contributed by atoms with Crippen molar-refractivity contribution in [2.24, 2.45) is 0 Å². The first-order valence-corrected chi connectivity index (χ1v) is 6.22. The molecule has 2 rings (SSSR count). The third kappa shape index (κ3) is 2.54. The van der Waals surface area contributed by atoms with E-state index in [-0.39, 0.29) is 22.1 Å². The van der Waals surface area contributed by atoms with Crippen molar-refractivity contribution in [2.45, 2.75) is 26.3 Å². The van der Waals surface area contributed by atoms with Crippen LogP contribution in [-0.2, 0) is 5.54 Å². The Bertz CT molecular complexity index is 629. The van der Waals surface area contributed by atoms with Gasteiger partial charge in [-0.3, -0.25) is 4.79 Å². The van der Waals surface area contributed by atoms with Crippen molar-refractivity contribution >= 4 is 17.9 Å². The molecule has 0 aliphatic heterocycles. The quantitative estimate of drug-likeness (QED) is 0.782. The van der Waals surface area contributed by atoms with Crippen LogP contribution in [0.25, 0.3) is 11.3 Å². The third-order valence-corrected chi connectivity index (χ3v) is 3.08. The Kier molecular flexibility index (Phi) is 3.45. The first-order chi connectivity index (χ1) is 8.84. The molecule has 0 amide bonds. The number of hydrogen-bond donors (Lipinski definition) is 0. The Hall–Kier alpha value is -1.68. The van der Waals surface area contributed by atoms with Crippen LogP contribution in [0, 0.1) is 5.82 Å². The molecular formula is C14H14ClFN2O. The lowest BCUT2D eigenvalue weighted by molar-refractivity contribution is 0.112. The van der Waals surface area contributed by atoms with Gasteiger partial charge in [-0.15, -0.1) is 0 Å². The number of carbonyl (C=O) groups is 1. The molecule has 0 spiro atoms. The fraction of sp³-hybridized carbons (Fsp3) is 0.286. The lowest BCUT2D eigenvalue weighted by Gasteiger charge is -2.20. The summed E-state index contributed by atoms with van der Waals surface area (Å²) in [6.45, 7) is 5.78. The summed E-state index contributed by atoms with van der Waals surface area (Å²) in [6, 6.07) is 5.94. The molecule has 0 aliphatic rings. The number of carbonyl (C=O) groups excluding carboxylic acids is 1. The highest BCUT2D eigenvalue weighted by Crippen LogP contribution is 2.31. The van der Waals surface area contributed by atoms with Crippen LogP contribution in [0.4, 0.5) is 4.39 Å². The monoisotopic (exact) mass is 280 g/mol. The van der Waals surface area contributed by atoms with E-state index in [1.807, 2.05) is 20.8 Å². The standard InChI is InChI=1S/C14H14ClFN2O/c1-14(2,3)18-13(15)11(8-19)12(17-18)9-5-4-6-10(16)7-9/h4-8H,1-3H3. The van der Waals surface area contributed by atoms with Gasteiger partial charge in [0.1, 0.15) is 16.7 Å². The molecule has 0 unspecified atom stereocenters. The predicted molar refractivity (Wildman–Crippen MR) is 73.0 cm³/mol. The van der Waals surface area contributed by atoms with Crippen LogP contribution >= 0.6 is 11.6 Å². The molecule has 0 atom stereocenters. The third-order valence-electron chi connectivity index (χ3n) is 2.71. The maximum atomic E-state index is 13.3. The van der Waals surface area contributed by atoms with Crippen LogP contribution < -0.4 is 0 Å². The van der Waals surface area contributed by atoms with E-state index in [4.69, 9.17) is 11.6 Å². The molecule has 5 heteroatoms. The van der Waals surface area contributed by atoms with E-state index in [0.717, 1.165) is 0 Å². The topological polar surface area (TPSA) is 34.9 Å². The Morgan fingerprint density at radius 2 is 2.05 bits per heavy atom. The van der Waals surface area contributed by atoms with Gasteiger partial charge in [-0.1, -0.05) is 23.7 Å². The second kappa shape index (κ2) is 4.78. The highest BCUT2D eigenvalue weighted by Gasteiger charge is 2.24. The maximum absolute atomic E-state index is 13.3. The number of aromatic nitrogens is 2. The summed E-state index contributed by atoms with van der Waals surface area (Å²) in [4.78, 5) is 11.2. The molecule has 0 saturated carbocycles. The average Bonchev–Trinajstić information content (AvgIpc) is 2.66. The number of hydrogen-bond acceptors (Lipinski definition) is 2. The number of benzene rings is 1. The molecule has 0 fully saturated rings. The Labute approximate surface area is 116 Å². The van der Waals surface area contributed by atoms with Crippen molar-refractivity contribution in [3.63, 3.8) is 0 Å². The Morgan fingerprint density at radius 1 is 1.37 bits per heavy atom. The molecule has 1 heterocycles. The Balaban J connectivity index is 2.68. The number of halogens is 2. The molecule has 19 heavy (non-hydrogen) atoms. The van der Waals surface area contributed by atoms with Crippen LogP contribution in [0.1, 0.15) is 31.1 Å². The molecule has 3 nitrogen and oxygen atoms in total. The van der Waals surface area contributed by atoms with Gasteiger partial charge in [0.05, 0.1) is 11.1 Å². The van der Waals surface area contributed by atoms with Crippen molar-refractivity contribution in [3.05, 3.63) is 40.8 Å². The van der Waals surface area contributed by atoms with Crippen molar-refractivity contribution in [1.82, 2.24) is 9.78 Å². The molecular weight excluding hydrogens is 267 g/mol. The lowest BCUT2D eigenvalue weighted by atomic mass is 10.1. The van der Waals surface area contributed by atoms with Crippen molar-refractivity contribution < 1.29 is 9.18 Å². The van der Waals surface area contributed by atoms with Crippen molar-refractivity contribution in [1.29, 1.82) is 0 Å². The molecule has 0 saturated heterocycles. The normalized spacial score (nSPS) is 11.6. The van der Waals surface area contributed by atoms with Gasteiger partial charge in [0.2, 0.25) is 0 Å². The van der Waals surface area contributed by atoms with E-state index in [9.17, 15) is 9.18 Å². The van der Waals surface area contributed by atoms with Crippen LogP contribution in [0.5, 0.6) is 0 Å². The van der Waals surface area contributed by atoms with Gasteiger partial charge in [0, 0.05) is 5.56 Å². The minimum atomic E-state index is -0.379. The van der Waals surface area contributed by atoms with Gasteiger partial charge < -0.3 is 0 Å². The first kappa shape index (κ1) is 13.7. The van der Waals surface area contributed by atoms with E-state index in [2.05, 4.69) is 5.10 Å². The molecule has 1 aromatic heterocycles. The number of rotatable bonds is 2. The van der Waals surface area contributed by atoms with E-state index in [0.29, 0.717) is 17.5 Å². The molecule has 0 bridgehead atoms. The van der Waals surface area contributed by atoms with Crippen LogP contribution in [0.2, 0.25) is 5.15 Å². The lowest BCUT2D eigenvalue weighted by Crippen LogP contribution is -2.23. The largest absolute Gasteiger partial charge is 0.298 e. The van der Waals surface area contributed by atoms with Gasteiger partial charge in [0.15, 0.2) is 6.29 Å². The summed E-state index contributed by atoms with van der Waals surface area (Å²) in [5.41, 5.74) is 0.851. The zero-order chi connectivity index (χ0) is 14.2. The zero-order valence-electron chi connectivity index (χ0n) is 10.9. The zero-order valence-corrected chi connectivity index (χ0v) is 11.7. The smallest absolute Gasteiger partial charge is 0.155 e. The van der Waals surface area contributed by atoms with Crippen LogP contribution in [0.3, 0.4) is 0 Å². The van der Waals surface area contributed by atoms with Gasteiger partial charge in [-0.25, -0.2) is 9.07 Å². The number of aldehydes is 1. The minimum absolute atomic E-state index is 0.266. The molecule has 0 radical (unpaired) electrons.